The number of hydrogen-bond donors (Lipinski definition) is 1. The Balaban J connectivity index is 0.00000462. The second-order valence-electron chi connectivity index (χ2n) is 11.2. The molecule has 4 rings (SSSR count). The summed E-state index contributed by atoms with van der Waals surface area (Å²) in [6, 6.07) is 12.1. The second-order valence-corrected chi connectivity index (χ2v) is 12.0. The number of carboxylic acids is 1. The molecule has 1 fully saturated rings. The number of aliphatic imine (C=N–C) groups is 1. The fourth-order valence-corrected chi connectivity index (χ4v) is 6.53. The Morgan fingerprint density at radius 3 is 2.24 bits per heavy atom. The van der Waals surface area contributed by atoms with Gasteiger partial charge in [0.1, 0.15) is 11.4 Å². The van der Waals surface area contributed by atoms with E-state index in [-0.39, 0.29) is 60.4 Å². The van der Waals surface area contributed by atoms with Gasteiger partial charge in [-0.3, -0.25) is 14.6 Å². The van der Waals surface area contributed by atoms with Crippen molar-refractivity contribution in [2.75, 3.05) is 6.54 Å². The van der Waals surface area contributed by atoms with Crippen LogP contribution in [0.15, 0.2) is 47.5 Å². The number of aliphatic carboxylic acids is 1. The number of rotatable bonds is 10. The van der Waals surface area contributed by atoms with Gasteiger partial charge in [-0.25, -0.2) is 0 Å². The first-order valence-corrected chi connectivity index (χ1v) is 14.8. The maximum atomic E-state index is 14.2. The molecule has 0 radical (unpaired) electrons. The zero-order valence-corrected chi connectivity index (χ0v) is 27.7. The van der Waals surface area contributed by atoms with Crippen LogP contribution in [-0.2, 0) is 9.59 Å². The van der Waals surface area contributed by atoms with E-state index in [2.05, 4.69) is 26.1 Å². The average molecular weight is 609 g/mol. The maximum Gasteiger partial charge on any atom is 1.00 e. The molecule has 0 unspecified atom stereocenters. The van der Waals surface area contributed by atoms with Crippen molar-refractivity contribution in [3.63, 3.8) is 0 Å². The molecule has 1 saturated carbocycles. The number of carboxylic acid groups (broad SMARTS) is 1. The molecule has 1 aliphatic carbocycles. The van der Waals surface area contributed by atoms with Crippen LogP contribution in [0.2, 0.25) is 10.0 Å². The van der Waals surface area contributed by atoms with Crippen LogP contribution in [0.5, 0.6) is 0 Å². The first-order chi connectivity index (χ1) is 19.0. The van der Waals surface area contributed by atoms with Crippen molar-refractivity contribution in [2.45, 2.75) is 77.4 Å². The molecule has 41 heavy (non-hydrogen) atoms. The molecule has 0 bridgehead atoms. The summed E-state index contributed by atoms with van der Waals surface area (Å²) in [5, 5.41) is 14.2. The number of benzene rings is 2. The van der Waals surface area contributed by atoms with Crippen LogP contribution in [-0.4, -0.2) is 40.6 Å². The summed E-state index contributed by atoms with van der Waals surface area (Å²) in [5.41, 5.74) is 1.69. The van der Waals surface area contributed by atoms with E-state index in [1.807, 2.05) is 17.0 Å². The van der Waals surface area contributed by atoms with Gasteiger partial charge in [0.15, 0.2) is 0 Å². The summed E-state index contributed by atoms with van der Waals surface area (Å²) < 4.78 is 0. The van der Waals surface area contributed by atoms with Gasteiger partial charge in [-0.05, 0) is 79.8 Å². The van der Waals surface area contributed by atoms with Crippen LogP contribution < -0.4 is 40.0 Å². The number of carbonyl (C=O) groups is 3. The largest absolute Gasteiger partial charge is 1.00 e. The van der Waals surface area contributed by atoms with Gasteiger partial charge in [-0.2, -0.15) is 0 Å². The summed E-state index contributed by atoms with van der Waals surface area (Å²) in [7, 11) is 0. The third kappa shape index (κ3) is 7.74. The van der Waals surface area contributed by atoms with Gasteiger partial charge < -0.3 is 20.1 Å². The third-order valence-electron chi connectivity index (χ3n) is 8.15. The molecule has 0 aromatic heterocycles. The van der Waals surface area contributed by atoms with Crippen LogP contribution in [0, 0.1) is 11.8 Å². The van der Waals surface area contributed by atoms with Crippen LogP contribution in [0.25, 0.3) is 0 Å². The number of hydrogen-bond acceptors (Lipinski definition) is 5. The number of amides is 2. The third-order valence-corrected chi connectivity index (χ3v) is 8.58. The fraction of sp³-hybridized carbons (Fsp3) is 0.484. The predicted octanol–water partition coefficient (Wildman–Crippen LogP) is 2.58. The topological polar surface area (TPSA) is 102 Å². The quantitative estimate of drug-likeness (QED) is 0.419. The van der Waals surface area contributed by atoms with Gasteiger partial charge in [0.25, 0.3) is 11.8 Å². The van der Waals surface area contributed by atoms with Crippen molar-refractivity contribution in [1.29, 1.82) is 0 Å². The molecule has 1 heterocycles. The van der Waals surface area contributed by atoms with E-state index >= 15 is 0 Å². The summed E-state index contributed by atoms with van der Waals surface area (Å²) in [6.07, 6.45) is 4.85. The molecule has 2 aliphatic rings. The Kier molecular flexibility index (Phi) is 11.9. The van der Waals surface area contributed by atoms with Gasteiger partial charge in [-0.15, -0.1) is 0 Å². The molecular formula is C31H36Cl2N3NaO4. The standard InChI is InChI=1S/C31H37Cl2N3O4.Na/c1-4-5-26(21-6-8-22(9-7-21)29(39)34-15-12-27(37)38)36-30(40)28(23-16-24(32)18-25(33)17-23)35-31(36)13-10-20(11-14-31)19(2)3;/h6-9,16-20,26H,4-5,10-15H2,1-3H3,(H,34,39)(H,37,38);/q;+1/p-1/t20?,26-,31?;/m1./s1. The normalized spacial score (nSPS) is 21.0. The summed E-state index contributed by atoms with van der Waals surface area (Å²) in [4.78, 5) is 44.5. The Labute approximate surface area is 274 Å². The van der Waals surface area contributed by atoms with Gasteiger partial charge in [0.05, 0.1) is 6.04 Å². The van der Waals surface area contributed by atoms with Crippen LogP contribution in [0.4, 0.5) is 0 Å². The minimum absolute atomic E-state index is 0. The summed E-state index contributed by atoms with van der Waals surface area (Å²) in [5.74, 6) is -0.559. The molecule has 0 saturated heterocycles. The molecule has 2 amide bonds. The molecule has 1 spiro atoms. The fourth-order valence-electron chi connectivity index (χ4n) is 6.00. The van der Waals surface area contributed by atoms with E-state index < -0.39 is 11.6 Å². The number of nitrogens with zero attached hydrogens (tertiary/aromatic N) is 2. The zero-order chi connectivity index (χ0) is 29.0. The minimum Gasteiger partial charge on any atom is -0.550 e. The van der Waals surface area contributed by atoms with E-state index in [1.54, 1.807) is 30.3 Å². The van der Waals surface area contributed by atoms with E-state index in [4.69, 9.17) is 28.2 Å². The van der Waals surface area contributed by atoms with Crippen LogP contribution in [0.1, 0.15) is 93.2 Å². The molecule has 2 aromatic carbocycles. The molecule has 10 heteroatoms. The molecular weight excluding hydrogens is 572 g/mol. The second kappa shape index (κ2) is 14.5. The van der Waals surface area contributed by atoms with Crippen molar-refractivity contribution in [3.05, 3.63) is 69.2 Å². The van der Waals surface area contributed by atoms with Crippen molar-refractivity contribution in [3.8, 4) is 0 Å². The molecule has 1 N–H and O–H groups in total. The number of nitrogens with one attached hydrogen (secondary N) is 1. The first kappa shape index (κ1) is 33.6. The van der Waals surface area contributed by atoms with E-state index in [9.17, 15) is 19.5 Å². The minimum atomic E-state index is -1.22. The number of carbonyl (C=O) groups excluding carboxylic acids is 3. The van der Waals surface area contributed by atoms with E-state index in [0.29, 0.717) is 38.7 Å². The van der Waals surface area contributed by atoms with E-state index in [1.165, 1.54) is 0 Å². The summed E-state index contributed by atoms with van der Waals surface area (Å²) in [6.45, 7) is 6.59. The van der Waals surface area contributed by atoms with Gasteiger partial charge >= 0.3 is 29.6 Å². The Morgan fingerprint density at radius 1 is 1.10 bits per heavy atom. The zero-order valence-electron chi connectivity index (χ0n) is 24.2. The van der Waals surface area contributed by atoms with Gasteiger partial charge in [0, 0.05) is 40.1 Å². The van der Waals surface area contributed by atoms with Crippen molar-refractivity contribution >= 4 is 46.7 Å². The smallest absolute Gasteiger partial charge is 0.550 e. The Morgan fingerprint density at radius 2 is 1.71 bits per heavy atom. The summed E-state index contributed by atoms with van der Waals surface area (Å²) >= 11 is 12.6. The molecule has 7 nitrogen and oxygen atoms in total. The number of halogens is 2. The Hall–Kier alpha value is -1.90. The SMILES string of the molecule is CCC[C@H](c1ccc(C(=O)NCCC(=O)[O-])cc1)N1C(=O)C(c2cc(Cl)cc(Cl)c2)=NC12CCC(C(C)C)CC2.[Na+]. The monoisotopic (exact) mass is 607 g/mol. The predicted molar refractivity (Wildman–Crippen MR) is 155 cm³/mol. The van der Waals surface area contributed by atoms with Crippen molar-refractivity contribution < 1.29 is 49.0 Å². The molecule has 2 aromatic rings. The van der Waals surface area contributed by atoms with Crippen LogP contribution in [0.3, 0.4) is 0 Å². The molecule has 1 aliphatic heterocycles. The van der Waals surface area contributed by atoms with Gasteiger partial charge in [0.2, 0.25) is 0 Å². The Bertz CT molecular complexity index is 1270. The maximum absolute atomic E-state index is 14.2. The first-order valence-electron chi connectivity index (χ1n) is 14.0. The molecule has 214 valence electrons. The van der Waals surface area contributed by atoms with E-state index in [0.717, 1.165) is 44.1 Å². The average Bonchev–Trinajstić information content (AvgIpc) is 3.18. The van der Waals surface area contributed by atoms with Gasteiger partial charge in [-0.1, -0.05) is 62.5 Å². The van der Waals surface area contributed by atoms with Crippen molar-refractivity contribution in [1.82, 2.24) is 10.2 Å². The van der Waals surface area contributed by atoms with Crippen LogP contribution >= 0.6 is 23.2 Å². The molecule has 1 atom stereocenters. The van der Waals surface area contributed by atoms with Crippen molar-refractivity contribution in [2.24, 2.45) is 16.8 Å².